The Balaban J connectivity index is 1.53. The lowest BCUT2D eigenvalue weighted by Gasteiger charge is -2.16. The summed E-state index contributed by atoms with van der Waals surface area (Å²) < 4.78 is 0. The highest BCUT2D eigenvalue weighted by Gasteiger charge is 2.20. The maximum absolute atomic E-state index is 3.70. The minimum absolute atomic E-state index is 0.620. The Morgan fingerprint density at radius 3 is 2.56 bits per heavy atom. The van der Waals surface area contributed by atoms with Crippen molar-refractivity contribution in [2.75, 3.05) is 6.54 Å². The van der Waals surface area contributed by atoms with Crippen LogP contribution in [-0.4, -0.2) is 12.6 Å². The summed E-state index contributed by atoms with van der Waals surface area (Å²) in [6.07, 6.45) is 8.10. The van der Waals surface area contributed by atoms with E-state index < -0.39 is 0 Å². The van der Waals surface area contributed by atoms with E-state index in [9.17, 15) is 0 Å². The fraction of sp³-hybridized carbons (Fsp3) is 0.375. The second-order valence-electron chi connectivity index (χ2n) is 5.08. The van der Waals surface area contributed by atoms with E-state index >= 15 is 0 Å². The van der Waals surface area contributed by atoms with Crippen molar-refractivity contribution in [1.82, 2.24) is 5.32 Å². The quantitative estimate of drug-likeness (QED) is 0.886. The van der Waals surface area contributed by atoms with Gasteiger partial charge in [0, 0.05) is 12.6 Å². The first-order valence-electron chi connectivity index (χ1n) is 6.65. The zero-order valence-electron chi connectivity index (χ0n) is 10.8. The second kappa shape index (κ2) is 5.33. The van der Waals surface area contributed by atoms with E-state index in [2.05, 4.69) is 48.7 Å². The van der Waals surface area contributed by atoms with Crippen LogP contribution in [0.25, 0.3) is 0 Å². The van der Waals surface area contributed by atoms with Crippen LogP contribution in [0.1, 0.15) is 24.5 Å². The van der Waals surface area contributed by atoms with Crippen molar-refractivity contribution in [3.05, 3.63) is 57.4 Å². The van der Waals surface area contributed by atoms with Gasteiger partial charge in [0.05, 0.1) is 0 Å². The number of rotatable bonds is 3. The van der Waals surface area contributed by atoms with Gasteiger partial charge in [0.15, 0.2) is 0 Å². The van der Waals surface area contributed by atoms with Gasteiger partial charge in [-0.05, 0) is 47.1 Å². The molecule has 0 fully saturated rings. The Morgan fingerprint density at radius 2 is 1.89 bits per heavy atom. The van der Waals surface area contributed by atoms with E-state index in [1.807, 2.05) is 11.8 Å². The molecule has 1 aromatic carbocycles. The van der Waals surface area contributed by atoms with Crippen molar-refractivity contribution in [2.24, 2.45) is 0 Å². The fourth-order valence-electron chi connectivity index (χ4n) is 2.70. The fourth-order valence-corrected chi connectivity index (χ4v) is 3.63. The summed E-state index contributed by atoms with van der Waals surface area (Å²) in [5, 5.41) is 3.70. The van der Waals surface area contributed by atoms with Gasteiger partial charge in [-0.3, -0.25) is 0 Å². The molecule has 1 N–H and O–H groups in total. The molecule has 1 aliphatic carbocycles. The Bertz CT molecular complexity index is 477. The Hall–Kier alpha value is -0.990. The molecule has 0 aromatic heterocycles. The molecule has 0 amide bonds. The predicted molar refractivity (Wildman–Crippen MR) is 79.7 cm³/mol. The largest absolute Gasteiger partial charge is 0.309 e. The summed E-state index contributed by atoms with van der Waals surface area (Å²) in [5.74, 6) is 0. The number of fused-ring (bicyclic) bond motifs is 1. The zero-order valence-corrected chi connectivity index (χ0v) is 11.6. The smallest absolute Gasteiger partial charge is 0.0268 e. The summed E-state index contributed by atoms with van der Waals surface area (Å²) in [6, 6.07) is 9.44. The van der Waals surface area contributed by atoms with Crippen LogP contribution in [0.2, 0.25) is 0 Å². The third-order valence-corrected chi connectivity index (χ3v) is 4.72. The monoisotopic (exact) mass is 257 g/mol. The highest BCUT2D eigenvalue weighted by molar-refractivity contribution is 8.06. The van der Waals surface area contributed by atoms with E-state index in [1.54, 1.807) is 0 Å². The number of allylic oxidation sites excluding steroid dienone is 3. The Labute approximate surface area is 113 Å². The molecule has 94 valence electrons. The maximum atomic E-state index is 3.70. The van der Waals surface area contributed by atoms with Gasteiger partial charge in [-0.25, -0.2) is 0 Å². The molecule has 1 aromatic rings. The number of nitrogens with one attached hydrogen (secondary N) is 1. The van der Waals surface area contributed by atoms with Gasteiger partial charge < -0.3 is 5.32 Å². The van der Waals surface area contributed by atoms with Crippen molar-refractivity contribution in [2.45, 2.75) is 32.2 Å². The van der Waals surface area contributed by atoms with Crippen molar-refractivity contribution < 1.29 is 0 Å². The van der Waals surface area contributed by atoms with Gasteiger partial charge in [-0.2, -0.15) is 0 Å². The molecule has 3 rings (SSSR count). The van der Waals surface area contributed by atoms with Crippen molar-refractivity contribution in [3.8, 4) is 0 Å². The summed E-state index contributed by atoms with van der Waals surface area (Å²) in [6.45, 7) is 3.22. The molecule has 1 nitrogen and oxygen atoms in total. The van der Waals surface area contributed by atoms with E-state index in [0.29, 0.717) is 6.04 Å². The van der Waals surface area contributed by atoms with Crippen molar-refractivity contribution in [1.29, 1.82) is 0 Å². The third kappa shape index (κ3) is 2.70. The maximum Gasteiger partial charge on any atom is 0.0268 e. The topological polar surface area (TPSA) is 12.0 Å². The van der Waals surface area contributed by atoms with Gasteiger partial charge in [-0.1, -0.05) is 48.2 Å². The first-order chi connectivity index (χ1) is 8.81. The van der Waals surface area contributed by atoms with Crippen LogP contribution in [0.5, 0.6) is 0 Å². The van der Waals surface area contributed by atoms with E-state index in [1.165, 1.54) is 33.8 Å². The standard InChI is InChI=1S/C16H19NS/c1-12-5-4-8-16(18-12)11-17-15-9-13-6-2-3-7-14(13)10-15/h2-3,5-8,15,17H,4,9-11H2,1H3. The molecule has 1 heterocycles. The van der Waals surface area contributed by atoms with Crippen LogP contribution in [-0.2, 0) is 12.8 Å². The lowest BCUT2D eigenvalue weighted by molar-refractivity contribution is 0.564. The molecular formula is C16H19NS. The molecule has 0 spiro atoms. The number of hydrogen-bond donors (Lipinski definition) is 1. The minimum atomic E-state index is 0.620. The number of benzene rings is 1. The van der Waals surface area contributed by atoms with Gasteiger partial charge in [0.2, 0.25) is 0 Å². The molecule has 0 unspecified atom stereocenters. The third-order valence-electron chi connectivity index (χ3n) is 3.66. The summed E-state index contributed by atoms with van der Waals surface area (Å²) in [5.41, 5.74) is 3.05. The molecule has 18 heavy (non-hydrogen) atoms. The molecule has 2 heteroatoms. The zero-order chi connectivity index (χ0) is 12.4. The Morgan fingerprint density at radius 1 is 1.17 bits per heavy atom. The summed E-state index contributed by atoms with van der Waals surface area (Å²) in [7, 11) is 0. The molecule has 0 radical (unpaired) electrons. The lowest BCUT2D eigenvalue weighted by Crippen LogP contribution is -2.31. The van der Waals surface area contributed by atoms with Gasteiger partial charge in [0.1, 0.15) is 0 Å². The van der Waals surface area contributed by atoms with Crippen LogP contribution in [0, 0.1) is 0 Å². The molecule has 0 saturated heterocycles. The first kappa shape index (κ1) is 12.1. The van der Waals surface area contributed by atoms with Gasteiger partial charge in [0.25, 0.3) is 0 Å². The highest BCUT2D eigenvalue weighted by Crippen LogP contribution is 2.29. The van der Waals surface area contributed by atoms with Crippen LogP contribution < -0.4 is 5.32 Å². The SMILES string of the molecule is CC1=CCC=C(CNC2Cc3ccccc3C2)S1. The lowest BCUT2D eigenvalue weighted by atomic mass is 10.1. The molecular weight excluding hydrogens is 238 g/mol. The average molecular weight is 257 g/mol. The highest BCUT2D eigenvalue weighted by atomic mass is 32.2. The normalized spacial score (nSPS) is 19.4. The van der Waals surface area contributed by atoms with Crippen LogP contribution in [0.4, 0.5) is 0 Å². The summed E-state index contributed by atoms with van der Waals surface area (Å²) >= 11 is 1.91. The number of hydrogen-bond acceptors (Lipinski definition) is 2. The van der Waals surface area contributed by atoms with Gasteiger partial charge in [-0.15, -0.1) is 0 Å². The Kier molecular flexibility index (Phi) is 3.57. The summed E-state index contributed by atoms with van der Waals surface area (Å²) in [4.78, 5) is 2.91. The first-order valence-corrected chi connectivity index (χ1v) is 7.47. The van der Waals surface area contributed by atoms with Crippen LogP contribution in [0.3, 0.4) is 0 Å². The van der Waals surface area contributed by atoms with E-state index in [-0.39, 0.29) is 0 Å². The number of thioether (sulfide) groups is 1. The van der Waals surface area contributed by atoms with Gasteiger partial charge >= 0.3 is 0 Å². The average Bonchev–Trinajstić information content (AvgIpc) is 2.79. The van der Waals surface area contributed by atoms with Crippen molar-refractivity contribution in [3.63, 3.8) is 0 Å². The minimum Gasteiger partial charge on any atom is -0.309 e. The van der Waals surface area contributed by atoms with Crippen LogP contribution >= 0.6 is 11.8 Å². The predicted octanol–water partition coefficient (Wildman–Crippen LogP) is 3.67. The molecule has 2 aliphatic rings. The van der Waals surface area contributed by atoms with Crippen molar-refractivity contribution >= 4 is 11.8 Å². The molecule has 0 atom stereocenters. The van der Waals surface area contributed by atoms with Crippen LogP contribution in [0.15, 0.2) is 46.2 Å². The van der Waals surface area contributed by atoms with E-state index in [4.69, 9.17) is 0 Å². The van der Waals surface area contributed by atoms with E-state index in [0.717, 1.165) is 13.0 Å². The second-order valence-corrected chi connectivity index (χ2v) is 6.45. The molecule has 1 aliphatic heterocycles. The molecule has 0 bridgehead atoms. The molecule has 0 saturated carbocycles.